The van der Waals surface area contributed by atoms with E-state index in [2.05, 4.69) is 15.0 Å². The molecule has 2 rings (SSSR count). The normalized spacial score (nSPS) is 11.6. The van der Waals surface area contributed by atoms with E-state index in [9.17, 15) is 9.59 Å². The quantitative estimate of drug-likeness (QED) is 0.854. The van der Waals surface area contributed by atoms with Crippen LogP contribution in [0.2, 0.25) is 0 Å². The highest BCUT2D eigenvalue weighted by Crippen LogP contribution is 2.27. The first-order valence-electron chi connectivity index (χ1n) is 6.50. The second-order valence-electron chi connectivity index (χ2n) is 4.47. The number of nitrogens with one attached hydrogen (secondary N) is 1. The fourth-order valence-corrected chi connectivity index (χ4v) is 2.77. The predicted octanol–water partition coefficient (Wildman–Crippen LogP) is 2.16. The van der Waals surface area contributed by atoms with E-state index in [0.29, 0.717) is 5.01 Å². The summed E-state index contributed by atoms with van der Waals surface area (Å²) in [5.74, 6) is 0.0363. The highest BCUT2D eigenvalue weighted by Gasteiger charge is 2.21. The van der Waals surface area contributed by atoms with Gasteiger partial charge in [0, 0.05) is 12.3 Å². The van der Waals surface area contributed by atoms with E-state index in [1.54, 1.807) is 24.6 Å². The van der Waals surface area contributed by atoms with Gasteiger partial charge in [-0.05, 0) is 17.7 Å². The lowest BCUT2D eigenvalue weighted by Crippen LogP contribution is -2.26. The fraction of sp³-hybridized carbons (Fsp3) is 0.267. The minimum absolute atomic E-state index is 0.185. The van der Waals surface area contributed by atoms with Crippen LogP contribution in [-0.4, -0.2) is 31.1 Å². The predicted molar refractivity (Wildman–Crippen MR) is 82.1 cm³/mol. The molecule has 1 unspecified atom stereocenters. The minimum Gasteiger partial charge on any atom is -0.497 e. The number of ether oxygens (including phenoxy) is 2. The lowest BCUT2D eigenvalue weighted by molar-refractivity contribution is -0.119. The number of esters is 1. The van der Waals surface area contributed by atoms with E-state index in [1.807, 2.05) is 12.1 Å². The number of thiazole rings is 1. The van der Waals surface area contributed by atoms with Crippen molar-refractivity contribution < 1.29 is 19.1 Å². The van der Waals surface area contributed by atoms with Crippen LogP contribution >= 0.6 is 11.3 Å². The van der Waals surface area contributed by atoms with E-state index in [4.69, 9.17) is 4.74 Å². The van der Waals surface area contributed by atoms with Gasteiger partial charge >= 0.3 is 5.97 Å². The largest absolute Gasteiger partial charge is 0.497 e. The van der Waals surface area contributed by atoms with Gasteiger partial charge in [-0.1, -0.05) is 12.1 Å². The van der Waals surface area contributed by atoms with Gasteiger partial charge < -0.3 is 14.8 Å². The van der Waals surface area contributed by atoms with Crippen LogP contribution in [0.25, 0.3) is 0 Å². The van der Waals surface area contributed by atoms with Gasteiger partial charge in [0.1, 0.15) is 16.8 Å². The van der Waals surface area contributed by atoms with Crippen molar-refractivity contribution in [1.82, 2.24) is 10.3 Å². The number of hydrogen-bond donors (Lipinski definition) is 1. The molecule has 0 aliphatic rings. The van der Waals surface area contributed by atoms with E-state index in [1.165, 1.54) is 25.4 Å². The van der Waals surface area contributed by atoms with Crippen LogP contribution in [0.15, 0.2) is 29.6 Å². The summed E-state index contributed by atoms with van der Waals surface area (Å²) in [5.41, 5.74) is 1.08. The summed E-state index contributed by atoms with van der Waals surface area (Å²) >= 11 is 1.29. The van der Waals surface area contributed by atoms with Crippen LogP contribution in [-0.2, 0) is 9.53 Å². The van der Waals surface area contributed by atoms with Crippen molar-refractivity contribution in [1.29, 1.82) is 0 Å². The summed E-state index contributed by atoms with van der Waals surface area (Å²) in [4.78, 5) is 27.2. The van der Waals surface area contributed by atoms with Gasteiger partial charge in [-0.3, -0.25) is 4.79 Å². The molecular formula is C15H16N2O4S. The molecule has 1 atom stereocenters. The average molecular weight is 320 g/mol. The summed E-state index contributed by atoms with van der Waals surface area (Å²) in [6.07, 6.45) is 0. The number of nitrogens with zero attached hydrogens (tertiary/aromatic N) is 1. The first-order valence-corrected chi connectivity index (χ1v) is 7.38. The van der Waals surface area contributed by atoms with Gasteiger partial charge in [0.25, 0.3) is 0 Å². The molecule has 0 spiro atoms. The number of carbonyl (C=O) groups is 2. The topological polar surface area (TPSA) is 77.5 Å². The molecule has 2 aromatic rings. The van der Waals surface area contributed by atoms with E-state index in [-0.39, 0.29) is 11.6 Å². The first-order chi connectivity index (χ1) is 10.5. The minimum atomic E-state index is -0.501. The maximum absolute atomic E-state index is 11.5. The molecule has 0 saturated heterocycles. The van der Waals surface area contributed by atoms with Crippen LogP contribution in [0.5, 0.6) is 5.75 Å². The molecule has 0 bridgehead atoms. The van der Waals surface area contributed by atoms with Gasteiger partial charge in [-0.15, -0.1) is 11.3 Å². The van der Waals surface area contributed by atoms with Gasteiger partial charge in [0.2, 0.25) is 5.91 Å². The molecule has 1 heterocycles. The lowest BCUT2D eigenvalue weighted by atomic mass is 10.1. The number of amides is 1. The van der Waals surface area contributed by atoms with Crippen molar-refractivity contribution in [2.24, 2.45) is 0 Å². The summed E-state index contributed by atoms with van der Waals surface area (Å²) in [6, 6.07) is 6.88. The Hall–Kier alpha value is -2.41. The average Bonchev–Trinajstić information content (AvgIpc) is 3.01. The fourth-order valence-electron chi connectivity index (χ4n) is 1.91. The van der Waals surface area contributed by atoms with Gasteiger partial charge in [0.05, 0.1) is 14.2 Å². The van der Waals surface area contributed by atoms with Crippen molar-refractivity contribution in [3.05, 3.63) is 45.9 Å². The zero-order chi connectivity index (χ0) is 16.1. The zero-order valence-corrected chi connectivity index (χ0v) is 13.3. The number of hydrogen-bond acceptors (Lipinski definition) is 6. The summed E-state index contributed by atoms with van der Waals surface area (Å²) in [5, 5.41) is 5.06. The molecule has 6 nitrogen and oxygen atoms in total. The number of methoxy groups -OCH3 is 2. The van der Waals surface area contributed by atoms with Crippen LogP contribution in [0, 0.1) is 0 Å². The van der Waals surface area contributed by atoms with Gasteiger partial charge in [-0.2, -0.15) is 0 Å². The van der Waals surface area contributed by atoms with Crippen molar-refractivity contribution in [2.45, 2.75) is 13.0 Å². The molecule has 1 N–H and O–H groups in total. The smallest absolute Gasteiger partial charge is 0.357 e. The third-order valence-corrected chi connectivity index (χ3v) is 3.87. The summed E-state index contributed by atoms with van der Waals surface area (Å²) in [7, 11) is 2.89. The van der Waals surface area contributed by atoms with Crippen molar-refractivity contribution in [2.75, 3.05) is 14.2 Å². The molecular weight excluding hydrogens is 304 g/mol. The lowest BCUT2D eigenvalue weighted by Gasteiger charge is -2.16. The summed E-state index contributed by atoms with van der Waals surface area (Å²) < 4.78 is 9.77. The molecule has 7 heteroatoms. The van der Waals surface area contributed by atoms with Crippen LogP contribution in [0.4, 0.5) is 0 Å². The maximum Gasteiger partial charge on any atom is 0.357 e. The monoisotopic (exact) mass is 320 g/mol. The Morgan fingerprint density at radius 1 is 1.23 bits per heavy atom. The Bertz CT molecular complexity index is 666. The Morgan fingerprint density at radius 2 is 1.91 bits per heavy atom. The van der Waals surface area contributed by atoms with Crippen molar-refractivity contribution in [3.63, 3.8) is 0 Å². The highest BCUT2D eigenvalue weighted by atomic mass is 32.1. The number of benzene rings is 1. The maximum atomic E-state index is 11.5. The van der Waals surface area contributed by atoms with Crippen LogP contribution in [0.1, 0.15) is 34.0 Å². The Balaban J connectivity index is 2.34. The Morgan fingerprint density at radius 3 is 2.45 bits per heavy atom. The first kappa shape index (κ1) is 16.0. The second-order valence-corrected chi connectivity index (χ2v) is 5.36. The van der Waals surface area contributed by atoms with Crippen molar-refractivity contribution >= 4 is 23.2 Å². The molecule has 1 aromatic carbocycles. The Labute approximate surface area is 132 Å². The molecule has 22 heavy (non-hydrogen) atoms. The molecule has 0 saturated carbocycles. The number of aromatic nitrogens is 1. The molecule has 0 fully saturated rings. The third-order valence-electron chi connectivity index (χ3n) is 2.96. The van der Waals surface area contributed by atoms with Crippen LogP contribution < -0.4 is 10.1 Å². The van der Waals surface area contributed by atoms with E-state index in [0.717, 1.165) is 11.3 Å². The standard InChI is InChI=1S/C15H16N2O4S/c1-9(18)16-13(10-4-6-11(20-2)7-5-10)14-17-12(8-22-14)15(19)21-3/h4-8,13H,1-3H3,(H,16,18). The molecule has 0 aliphatic heterocycles. The van der Waals surface area contributed by atoms with Gasteiger partial charge in [0.15, 0.2) is 5.69 Å². The number of rotatable bonds is 5. The zero-order valence-electron chi connectivity index (χ0n) is 12.5. The van der Waals surface area contributed by atoms with Gasteiger partial charge in [-0.25, -0.2) is 9.78 Å². The molecule has 0 aliphatic carbocycles. The molecule has 1 amide bonds. The van der Waals surface area contributed by atoms with Crippen molar-refractivity contribution in [3.8, 4) is 5.75 Å². The second kappa shape index (κ2) is 7.04. The molecule has 0 radical (unpaired) electrons. The Kier molecular flexibility index (Phi) is 5.11. The number of carbonyl (C=O) groups excluding carboxylic acids is 2. The van der Waals surface area contributed by atoms with E-state index >= 15 is 0 Å². The SMILES string of the molecule is COC(=O)c1csc(C(NC(C)=O)c2ccc(OC)cc2)n1. The highest BCUT2D eigenvalue weighted by molar-refractivity contribution is 7.10. The molecule has 116 valence electrons. The van der Waals surface area contributed by atoms with E-state index < -0.39 is 12.0 Å². The summed E-state index contributed by atoms with van der Waals surface area (Å²) in [6.45, 7) is 1.44. The molecule has 1 aromatic heterocycles. The van der Waals surface area contributed by atoms with Crippen LogP contribution in [0.3, 0.4) is 0 Å². The third kappa shape index (κ3) is 3.62.